The van der Waals surface area contributed by atoms with Crippen LogP contribution in [0, 0.1) is 0 Å². The van der Waals surface area contributed by atoms with Crippen molar-refractivity contribution in [3.05, 3.63) is 29.8 Å². The normalized spacial score (nSPS) is 22.2. The van der Waals surface area contributed by atoms with E-state index in [9.17, 15) is 9.59 Å². The highest BCUT2D eigenvalue weighted by molar-refractivity contribution is 5.95. The van der Waals surface area contributed by atoms with Crippen molar-refractivity contribution in [2.24, 2.45) is 0 Å². The third-order valence-corrected chi connectivity index (χ3v) is 3.24. The van der Waals surface area contributed by atoms with E-state index in [1.54, 1.807) is 0 Å². The van der Waals surface area contributed by atoms with Gasteiger partial charge in [-0.1, -0.05) is 25.1 Å². The minimum Gasteiger partial charge on any atom is -0.479 e. The number of para-hydroxylation sites is 1. The molecule has 1 aliphatic heterocycles. The lowest BCUT2D eigenvalue weighted by molar-refractivity contribution is -0.150. The molecule has 19 heavy (non-hydrogen) atoms. The van der Waals surface area contributed by atoms with E-state index in [0.29, 0.717) is 12.8 Å². The first kappa shape index (κ1) is 13.5. The summed E-state index contributed by atoms with van der Waals surface area (Å²) < 4.78 is 5.22. The second kappa shape index (κ2) is 5.84. The molecule has 2 atom stereocenters. The van der Waals surface area contributed by atoms with Crippen molar-refractivity contribution in [2.75, 3.05) is 5.32 Å². The Morgan fingerprint density at radius 1 is 1.32 bits per heavy atom. The van der Waals surface area contributed by atoms with E-state index in [2.05, 4.69) is 5.32 Å². The van der Waals surface area contributed by atoms with Gasteiger partial charge in [0.2, 0.25) is 0 Å². The molecule has 2 rings (SSSR count). The number of rotatable bonds is 4. The van der Waals surface area contributed by atoms with E-state index in [-0.39, 0.29) is 5.91 Å². The van der Waals surface area contributed by atoms with Crippen LogP contribution in [0.15, 0.2) is 24.3 Å². The van der Waals surface area contributed by atoms with Gasteiger partial charge in [-0.2, -0.15) is 0 Å². The highest BCUT2D eigenvalue weighted by Gasteiger charge is 2.34. The van der Waals surface area contributed by atoms with Crippen LogP contribution in [0.25, 0.3) is 0 Å². The molecule has 1 amide bonds. The molecule has 1 aromatic rings. The molecule has 0 radical (unpaired) electrons. The predicted octanol–water partition coefficient (Wildman–Crippen LogP) is 1.82. The van der Waals surface area contributed by atoms with E-state index in [4.69, 9.17) is 9.84 Å². The lowest BCUT2D eigenvalue weighted by Gasteiger charge is -2.14. The molecule has 5 nitrogen and oxygen atoms in total. The van der Waals surface area contributed by atoms with Crippen molar-refractivity contribution >= 4 is 17.6 Å². The van der Waals surface area contributed by atoms with Crippen LogP contribution in [0.5, 0.6) is 0 Å². The minimum atomic E-state index is -1.01. The number of aliphatic carboxylic acids is 1. The van der Waals surface area contributed by atoms with Gasteiger partial charge >= 0.3 is 5.97 Å². The molecule has 0 bridgehead atoms. The Kier molecular flexibility index (Phi) is 4.16. The van der Waals surface area contributed by atoms with Gasteiger partial charge in [-0.3, -0.25) is 4.79 Å². The summed E-state index contributed by atoms with van der Waals surface area (Å²) in [6.07, 6.45) is 0.0998. The number of hydrogen-bond acceptors (Lipinski definition) is 3. The number of carboxylic acids is 1. The van der Waals surface area contributed by atoms with E-state index in [0.717, 1.165) is 17.7 Å². The molecule has 0 aromatic heterocycles. The fourth-order valence-corrected chi connectivity index (χ4v) is 2.18. The quantitative estimate of drug-likeness (QED) is 0.868. The maximum atomic E-state index is 12.0. The fourth-order valence-electron chi connectivity index (χ4n) is 2.18. The lowest BCUT2D eigenvalue weighted by Crippen LogP contribution is -2.30. The maximum absolute atomic E-state index is 12.0. The molecule has 1 heterocycles. The molecule has 1 fully saturated rings. The second-order valence-corrected chi connectivity index (χ2v) is 4.53. The van der Waals surface area contributed by atoms with Gasteiger partial charge in [-0.05, 0) is 30.9 Å². The standard InChI is InChI=1S/C14H17NO4/c1-2-9-5-3-4-6-10(9)15-13(16)11-7-8-12(19-11)14(17)18/h3-6,11-12H,2,7-8H2,1H3,(H,15,16)(H,17,18)/t11-,12+/m0/s1. The zero-order chi connectivity index (χ0) is 13.8. The topological polar surface area (TPSA) is 75.6 Å². The second-order valence-electron chi connectivity index (χ2n) is 4.53. The molecule has 0 unspecified atom stereocenters. The summed E-state index contributed by atoms with van der Waals surface area (Å²) in [7, 11) is 0. The van der Waals surface area contributed by atoms with Crippen LogP contribution < -0.4 is 5.32 Å². The third-order valence-electron chi connectivity index (χ3n) is 3.24. The number of carbonyl (C=O) groups excluding carboxylic acids is 1. The van der Waals surface area contributed by atoms with Crippen molar-refractivity contribution < 1.29 is 19.4 Å². The van der Waals surface area contributed by atoms with Gasteiger partial charge in [-0.25, -0.2) is 4.79 Å². The molecule has 0 spiro atoms. The molecular formula is C14H17NO4. The number of carbonyl (C=O) groups is 2. The Balaban J connectivity index is 2.00. The number of nitrogens with one attached hydrogen (secondary N) is 1. The molecule has 1 saturated heterocycles. The van der Waals surface area contributed by atoms with Gasteiger partial charge < -0.3 is 15.2 Å². The zero-order valence-corrected chi connectivity index (χ0v) is 10.8. The number of hydrogen-bond donors (Lipinski definition) is 2. The SMILES string of the molecule is CCc1ccccc1NC(=O)[C@@H]1CC[C@H](C(=O)O)O1. The number of benzene rings is 1. The van der Waals surface area contributed by atoms with E-state index < -0.39 is 18.2 Å². The average Bonchev–Trinajstić information content (AvgIpc) is 2.89. The van der Waals surface area contributed by atoms with E-state index >= 15 is 0 Å². The van der Waals surface area contributed by atoms with Gasteiger partial charge in [0.15, 0.2) is 6.10 Å². The molecule has 0 aliphatic carbocycles. The molecular weight excluding hydrogens is 246 g/mol. The number of anilines is 1. The summed E-state index contributed by atoms with van der Waals surface area (Å²) in [6.45, 7) is 2.01. The molecule has 1 aromatic carbocycles. The Morgan fingerprint density at radius 3 is 2.63 bits per heavy atom. The van der Waals surface area contributed by atoms with Crippen LogP contribution in [0.1, 0.15) is 25.3 Å². The summed E-state index contributed by atoms with van der Waals surface area (Å²) >= 11 is 0. The largest absolute Gasteiger partial charge is 0.479 e. The summed E-state index contributed by atoms with van der Waals surface area (Å²) in [5.74, 6) is -1.28. The minimum absolute atomic E-state index is 0.273. The van der Waals surface area contributed by atoms with E-state index in [1.807, 2.05) is 31.2 Å². The summed E-state index contributed by atoms with van der Waals surface area (Å²) in [6, 6.07) is 7.55. The maximum Gasteiger partial charge on any atom is 0.332 e. The molecule has 5 heteroatoms. The van der Waals surface area contributed by atoms with Crippen molar-refractivity contribution in [1.29, 1.82) is 0 Å². The van der Waals surface area contributed by atoms with Crippen LogP contribution >= 0.6 is 0 Å². The Morgan fingerprint density at radius 2 is 2.00 bits per heavy atom. The van der Waals surface area contributed by atoms with Crippen molar-refractivity contribution in [1.82, 2.24) is 0 Å². The van der Waals surface area contributed by atoms with Crippen LogP contribution in [0.2, 0.25) is 0 Å². The van der Waals surface area contributed by atoms with Crippen LogP contribution in [0.4, 0.5) is 5.69 Å². The summed E-state index contributed by atoms with van der Waals surface area (Å²) in [5, 5.41) is 11.6. The third kappa shape index (κ3) is 3.12. The van der Waals surface area contributed by atoms with Crippen molar-refractivity contribution in [3.63, 3.8) is 0 Å². The zero-order valence-electron chi connectivity index (χ0n) is 10.8. The Bertz CT molecular complexity index is 486. The van der Waals surface area contributed by atoms with Gasteiger partial charge in [-0.15, -0.1) is 0 Å². The van der Waals surface area contributed by atoms with Gasteiger partial charge in [0.1, 0.15) is 6.10 Å². The molecule has 1 aliphatic rings. The first-order chi connectivity index (χ1) is 9.11. The first-order valence-electron chi connectivity index (χ1n) is 6.39. The Labute approximate surface area is 111 Å². The highest BCUT2D eigenvalue weighted by Crippen LogP contribution is 2.22. The van der Waals surface area contributed by atoms with Crippen molar-refractivity contribution in [3.8, 4) is 0 Å². The van der Waals surface area contributed by atoms with Gasteiger partial charge in [0.05, 0.1) is 0 Å². The average molecular weight is 263 g/mol. The van der Waals surface area contributed by atoms with Crippen LogP contribution in [0.3, 0.4) is 0 Å². The summed E-state index contributed by atoms with van der Waals surface area (Å²) in [4.78, 5) is 22.8. The number of ether oxygens (including phenoxy) is 1. The number of aryl methyl sites for hydroxylation is 1. The summed E-state index contributed by atoms with van der Waals surface area (Å²) in [5.41, 5.74) is 1.81. The molecule has 102 valence electrons. The predicted molar refractivity (Wildman–Crippen MR) is 70.0 cm³/mol. The fraction of sp³-hybridized carbons (Fsp3) is 0.429. The Hall–Kier alpha value is -1.88. The monoisotopic (exact) mass is 263 g/mol. The molecule has 0 saturated carbocycles. The smallest absolute Gasteiger partial charge is 0.332 e. The number of carboxylic acid groups (broad SMARTS) is 1. The highest BCUT2D eigenvalue weighted by atomic mass is 16.5. The van der Waals surface area contributed by atoms with E-state index in [1.165, 1.54) is 0 Å². The van der Waals surface area contributed by atoms with Crippen LogP contribution in [-0.2, 0) is 20.7 Å². The van der Waals surface area contributed by atoms with Gasteiger partial charge in [0.25, 0.3) is 5.91 Å². The van der Waals surface area contributed by atoms with Crippen LogP contribution in [-0.4, -0.2) is 29.2 Å². The lowest BCUT2D eigenvalue weighted by atomic mass is 10.1. The number of amides is 1. The first-order valence-corrected chi connectivity index (χ1v) is 6.39. The van der Waals surface area contributed by atoms with Gasteiger partial charge in [0, 0.05) is 5.69 Å². The van der Waals surface area contributed by atoms with Crippen molar-refractivity contribution in [2.45, 2.75) is 38.4 Å². The molecule has 2 N–H and O–H groups in total.